The van der Waals surface area contributed by atoms with Gasteiger partial charge in [-0.05, 0) is 117 Å². The van der Waals surface area contributed by atoms with Crippen molar-refractivity contribution in [2.45, 2.75) is 116 Å². The minimum Gasteiger partial charge on any atom is -0.480 e. The van der Waals surface area contributed by atoms with Gasteiger partial charge in [-0.15, -0.1) is 0 Å². The van der Waals surface area contributed by atoms with Crippen LogP contribution in [0.5, 0.6) is 0 Å². The van der Waals surface area contributed by atoms with Crippen molar-refractivity contribution in [1.29, 1.82) is 0 Å². The van der Waals surface area contributed by atoms with E-state index in [1.54, 1.807) is 0 Å². The summed E-state index contributed by atoms with van der Waals surface area (Å²) in [6, 6.07) is 0. The first-order valence-corrected chi connectivity index (χ1v) is 17.1. The van der Waals surface area contributed by atoms with Gasteiger partial charge in [0.15, 0.2) is 9.84 Å². The van der Waals surface area contributed by atoms with Crippen molar-refractivity contribution < 1.29 is 33.3 Å². The van der Waals surface area contributed by atoms with Gasteiger partial charge in [-0.1, -0.05) is 20.8 Å². The first-order chi connectivity index (χ1) is 18.2. The highest BCUT2D eigenvalue weighted by Crippen LogP contribution is 2.68. The molecule has 10 atom stereocenters. The Morgan fingerprint density at radius 3 is 2.23 bits per heavy atom. The number of carboxylic acid groups (broad SMARTS) is 1. The number of carbonyl (C=O) groups is 2. The van der Waals surface area contributed by atoms with Crippen LogP contribution in [0.1, 0.15) is 97.8 Å². The number of rotatable bonds is 6. The molecule has 1 heterocycles. The van der Waals surface area contributed by atoms with Gasteiger partial charge in [-0.2, -0.15) is 0 Å². The van der Waals surface area contributed by atoms with Crippen molar-refractivity contribution in [1.82, 2.24) is 5.32 Å². The van der Waals surface area contributed by atoms with Gasteiger partial charge in [-0.3, -0.25) is 4.79 Å². The highest BCUT2D eigenvalue weighted by atomic mass is 32.2. The molecule has 0 spiro atoms. The Morgan fingerprint density at radius 1 is 0.923 bits per heavy atom. The van der Waals surface area contributed by atoms with E-state index >= 15 is 0 Å². The fourth-order valence-electron chi connectivity index (χ4n) is 10.3. The topological polar surface area (TPSA) is 141 Å². The van der Waals surface area contributed by atoms with Crippen LogP contribution in [-0.2, 0) is 19.4 Å². The van der Waals surface area contributed by atoms with Crippen molar-refractivity contribution in [3.63, 3.8) is 0 Å². The van der Waals surface area contributed by atoms with Crippen molar-refractivity contribution in [3.05, 3.63) is 0 Å². The number of aliphatic hydroxyl groups is 2. The van der Waals surface area contributed by atoms with Crippen molar-refractivity contribution in [3.8, 4) is 0 Å². The zero-order valence-corrected chi connectivity index (χ0v) is 24.7. The van der Waals surface area contributed by atoms with Crippen molar-refractivity contribution in [2.24, 2.45) is 46.3 Å². The number of carboxylic acids is 1. The number of nitrogens with one attached hydrogen (secondary N) is 1. The largest absolute Gasteiger partial charge is 0.480 e. The van der Waals surface area contributed by atoms with Crippen LogP contribution in [0.4, 0.5) is 0 Å². The van der Waals surface area contributed by atoms with E-state index in [2.05, 4.69) is 26.1 Å². The average Bonchev–Trinajstić information content (AvgIpc) is 3.22. The lowest BCUT2D eigenvalue weighted by atomic mass is 9.43. The maximum absolute atomic E-state index is 12.9. The zero-order chi connectivity index (χ0) is 28.4. The summed E-state index contributed by atoms with van der Waals surface area (Å²) in [6.07, 6.45) is 8.18. The molecule has 5 fully saturated rings. The Labute approximate surface area is 233 Å². The van der Waals surface area contributed by atoms with Crippen LogP contribution in [0.15, 0.2) is 0 Å². The molecule has 8 nitrogen and oxygen atoms in total. The molecule has 5 aliphatic rings. The predicted octanol–water partition coefficient (Wildman–Crippen LogP) is 3.54. The Bertz CT molecular complexity index is 1060. The second-order valence-corrected chi connectivity index (χ2v) is 16.9. The van der Waals surface area contributed by atoms with Gasteiger partial charge in [-0.25, -0.2) is 13.2 Å². The maximum atomic E-state index is 12.9. The number of aliphatic hydroxyl groups excluding tert-OH is 2. The number of sulfone groups is 1. The van der Waals surface area contributed by atoms with Crippen LogP contribution in [0.2, 0.25) is 0 Å². The van der Waals surface area contributed by atoms with E-state index in [1.807, 2.05) is 0 Å². The molecular formula is C30H49NO7S. The molecule has 0 aromatic carbocycles. The normalized spacial score (nSPS) is 45.3. The van der Waals surface area contributed by atoms with E-state index in [4.69, 9.17) is 0 Å². The molecule has 222 valence electrons. The van der Waals surface area contributed by atoms with E-state index in [1.165, 1.54) is 0 Å². The summed E-state index contributed by atoms with van der Waals surface area (Å²) in [5, 5.41) is 34.3. The molecule has 9 heteroatoms. The molecule has 39 heavy (non-hydrogen) atoms. The van der Waals surface area contributed by atoms with Gasteiger partial charge >= 0.3 is 5.97 Å². The minimum atomic E-state index is -3.25. The van der Waals surface area contributed by atoms with E-state index in [0.717, 1.165) is 51.4 Å². The highest BCUT2D eigenvalue weighted by Gasteiger charge is 2.62. The molecule has 4 N–H and O–H groups in total. The van der Waals surface area contributed by atoms with E-state index in [0.29, 0.717) is 41.9 Å². The molecule has 1 aliphatic heterocycles. The Hall–Kier alpha value is -1.19. The first-order valence-electron chi connectivity index (χ1n) is 15.3. The third kappa shape index (κ3) is 5.07. The molecular weight excluding hydrogens is 518 g/mol. The summed E-state index contributed by atoms with van der Waals surface area (Å²) in [5.41, 5.74) is -1.17. The molecule has 0 aromatic rings. The summed E-state index contributed by atoms with van der Waals surface area (Å²) >= 11 is 0. The SMILES string of the molecule is CC(CCC(=O)NC1(C(=O)O)CCS(=O)(=O)CC1)C1CCC2C3C(O)CC4CC(O)CCC4(C)C3CCC12C. The number of hydrogen-bond donors (Lipinski definition) is 4. The smallest absolute Gasteiger partial charge is 0.329 e. The van der Waals surface area contributed by atoms with Crippen LogP contribution < -0.4 is 5.32 Å². The van der Waals surface area contributed by atoms with Gasteiger partial charge in [0.2, 0.25) is 5.91 Å². The van der Waals surface area contributed by atoms with Gasteiger partial charge in [0.1, 0.15) is 5.54 Å². The van der Waals surface area contributed by atoms with Gasteiger partial charge < -0.3 is 20.6 Å². The lowest BCUT2D eigenvalue weighted by Gasteiger charge is -2.62. The molecule has 0 bridgehead atoms. The first kappa shape index (κ1) is 29.3. The number of aliphatic carboxylic acids is 1. The summed E-state index contributed by atoms with van der Waals surface area (Å²) in [5.74, 6) is 0.523. The van der Waals surface area contributed by atoms with Gasteiger partial charge in [0.05, 0.1) is 23.7 Å². The Balaban J connectivity index is 1.22. The fraction of sp³-hybridized carbons (Fsp3) is 0.933. The van der Waals surface area contributed by atoms with E-state index < -0.39 is 21.3 Å². The lowest BCUT2D eigenvalue weighted by Crippen LogP contribution is -2.58. The number of hydrogen-bond acceptors (Lipinski definition) is 6. The summed E-state index contributed by atoms with van der Waals surface area (Å²) in [7, 11) is -3.25. The highest BCUT2D eigenvalue weighted by molar-refractivity contribution is 7.91. The van der Waals surface area contributed by atoms with Crippen molar-refractivity contribution >= 4 is 21.7 Å². The zero-order valence-electron chi connectivity index (χ0n) is 23.9. The molecule has 1 saturated heterocycles. The predicted molar refractivity (Wildman–Crippen MR) is 147 cm³/mol. The number of fused-ring (bicyclic) bond motifs is 5. The Kier molecular flexibility index (Phi) is 7.71. The molecule has 0 radical (unpaired) electrons. The molecule has 1 amide bonds. The number of amides is 1. The standard InChI is InChI=1S/C30H49NO7S/c1-18(4-7-25(34)31-30(27(35)36)12-14-39(37,38)15-13-30)21-5-6-22-26-23(9-11-29(21,22)3)28(2)10-8-20(32)16-19(28)17-24(26)33/h18-24,26,32-33H,4-17H2,1-3H3,(H,31,34)(H,35,36). The number of carbonyl (C=O) groups excluding carboxylic acids is 1. The second kappa shape index (κ2) is 10.3. The van der Waals surface area contributed by atoms with E-state index in [-0.39, 0.29) is 59.7 Å². The third-order valence-electron chi connectivity index (χ3n) is 12.7. The molecule has 5 rings (SSSR count). The summed E-state index contributed by atoms with van der Waals surface area (Å²) in [4.78, 5) is 24.9. The lowest BCUT2D eigenvalue weighted by molar-refractivity contribution is -0.174. The van der Waals surface area contributed by atoms with Crippen LogP contribution >= 0.6 is 0 Å². The molecule has 4 saturated carbocycles. The molecule has 0 aromatic heterocycles. The van der Waals surface area contributed by atoms with Gasteiger partial charge in [0.25, 0.3) is 0 Å². The third-order valence-corrected chi connectivity index (χ3v) is 14.4. The van der Waals surface area contributed by atoms with Crippen LogP contribution in [-0.4, -0.2) is 64.9 Å². The quantitative estimate of drug-likeness (QED) is 0.385. The Morgan fingerprint density at radius 2 is 1.56 bits per heavy atom. The van der Waals surface area contributed by atoms with Gasteiger partial charge in [0, 0.05) is 6.42 Å². The van der Waals surface area contributed by atoms with Crippen LogP contribution in [0.3, 0.4) is 0 Å². The molecule has 4 aliphatic carbocycles. The average molecular weight is 568 g/mol. The van der Waals surface area contributed by atoms with Crippen LogP contribution in [0.25, 0.3) is 0 Å². The summed E-state index contributed by atoms with van der Waals surface area (Å²) < 4.78 is 23.7. The monoisotopic (exact) mass is 567 g/mol. The fourth-order valence-corrected chi connectivity index (χ4v) is 11.9. The molecule has 10 unspecified atom stereocenters. The van der Waals surface area contributed by atoms with Crippen molar-refractivity contribution in [2.75, 3.05) is 11.5 Å². The summed E-state index contributed by atoms with van der Waals surface area (Å²) in [6.45, 7) is 7.06. The minimum absolute atomic E-state index is 0.0854. The second-order valence-electron chi connectivity index (χ2n) is 14.6. The maximum Gasteiger partial charge on any atom is 0.329 e. The van der Waals surface area contributed by atoms with Crippen LogP contribution in [0, 0.1) is 46.3 Å². The van der Waals surface area contributed by atoms with E-state index in [9.17, 15) is 33.3 Å².